The summed E-state index contributed by atoms with van der Waals surface area (Å²) in [5.41, 5.74) is 3.81. The number of benzene rings is 4. The Morgan fingerprint density at radius 2 is 1.01 bits per heavy atom. The number of hydrogen-bond acceptors (Lipinski definition) is 12. The molecule has 7 atom stereocenters. The van der Waals surface area contributed by atoms with Crippen LogP contribution in [-0.2, 0) is 78.0 Å². The molecule has 398 valence electrons. The first-order valence-electron chi connectivity index (χ1n) is 26.4. The Kier molecular flexibility index (Phi) is 27.8. The highest BCUT2D eigenvalue weighted by atomic mass is 31.2. The highest BCUT2D eigenvalue weighted by Gasteiger charge is 2.49. The maximum atomic E-state index is 13.5. The molecule has 1 unspecified atom stereocenters. The Labute approximate surface area is 431 Å². The summed E-state index contributed by atoms with van der Waals surface area (Å²) in [4.78, 5) is 26.6. The van der Waals surface area contributed by atoms with Gasteiger partial charge in [-0.1, -0.05) is 205 Å². The summed E-state index contributed by atoms with van der Waals surface area (Å²) in [6.45, 7) is 2.88. The van der Waals surface area contributed by atoms with E-state index in [0.717, 1.165) is 41.5 Å². The molecule has 4 aromatic rings. The number of phosphoric ester groups is 1. The molecule has 1 aliphatic heterocycles. The zero-order valence-corrected chi connectivity index (χ0v) is 44.5. The Hall–Kier alpha value is -3.82. The summed E-state index contributed by atoms with van der Waals surface area (Å²) < 4.78 is 70.4. The molecule has 14 heteroatoms. The number of nitrogens with zero attached hydrogens (tertiary/aromatic N) is 1. The van der Waals surface area contributed by atoms with E-state index in [0.29, 0.717) is 24.1 Å². The smallest absolute Gasteiger partial charge is 0.306 e. The Bertz CT molecular complexity index is 2040. The molecule has 0 spiro atoms. The molecule has 1 saturated heterocycles. The van der Waals surface area contributed by atoms with Crippen molar-refractivity contribution in [1.29, 1.82) is 0 Å². The minimum Gasteiger partial charge on any atom is -0.756 e. The lowest BCUT2D eigenvalue weighted by Gasteiger charge is -2.46. The standard InChI is InChI=1S/C58H84NO12P/c1-5-6-7-8-9-10-11-12-13-14-15-16-29-38-54(60)70-52(46-69-72(61,62)68-40-39-59(2,3)4)45-67-58-57(66-44-51-36-27-20-28-37-51)56(65-43-50-34-25-19-26-35-50)55(64-42-49-32-23-18-24-33-49)53(71-58)47-63-41-48-30-21-17-22-31-48/h17-28,30-37,52-53,55-58H,5-16,29,38-47H2,1-4H3/t52-,53+,55+,56-,57+,58+/m0/s1. The van der Waals surface area contributed by atoms with Crippen LogP contribution in [0.5, 0.6) is 0 Å². The second kappa shape index (κ2) is 33.9. The van der Waals surface area contributed by atoms with Gasteiger partial charge in [0, 0.05) is 6.42 Å². The van der Waals surface area contributed by atoms with Gasteiger partial charge in [-0.05, 0) is 28.7 Å². The van der Waals surface area contributed by atoms with Crippen molar-refractivity contribution in [3.63, 3.8) is 0 Å². The van der Waals surface area contributed by atoms with Crippen LogP contribution < -0.4 is 4.89 Å². The number of carbonyl (C=O) groups excluding carboxylic acids is 1. The highest BCUT2D eigenvalue weighted by Crippen LogP contribution is 2.39. The van der Waals surface area contributed by atoms with E-state index in [9.17, 15) is 14.3 Å². The fourth-order valence-corrected chi connectivity index (χ4v) is 9.10. The zero-order chi connectivity index (χ0) is 51.1. The quantitative estimate of drug-likeness (QED) is 0.0183. The van der Waals surface area contributed by atoms with E-state index in [-0.39, 0.29) is 46.1 Å². The van der Waals surface area contributed by atoms with Crippen molar-refractivity contribution in [1.82, 2.24) is 0 Å². The molecule has 0 aromatic heterocycles. The highest BCUT2D eigenvalue weighted by molar-refractivity contribution is 7.45. The number of quaternary nitrogens is 1. The van der Waals surface area contributed by atoms with E-state index in [1.165, 1.54) is 57.8 Å². The summed E-state index contributed by atoms with van der Waals surface area (Å²) in [7, 11) is 1.01. The molecular formula is C58H84NO12P. The largest absolute Gasteiger partial charge is 0.756 e. The molecule has 0 radical (unpaired) electrons. The normalized spacial score (nSPS) is 19.4. The van der Waals surface area contributed by atoms with Gasteiger partial charge in [-0.3, -0.25) is 9.36 Å². The van der Waals surface area contributed by atoms with Crippen LogP contribution in [0, 0.1) is 0 Å². The van der Waals surface area contributed by atoms with Gasteiger partial charge < -0.3 is 51.6 Å². The Morgan fingerprint density at radius 3 is 1.50 bits per heavy atom. The number of hydrogen-bond donors (Lipinski definition) is 0. The van der Waals surface area contributed by atoms with E-state index < -0.39 is 57.2 Å². The molecule has 1 aliphatic rings. The van der Waals surface area contributed by atoms with Crippen LogP contribution in [0.2, 0.25) is 0 Å². The summed E-state index contributed by atoms with van der Waals surface area (Å²) in [6.07, 6.45) is 10.1. The van der Waals surface area contributed by atoms with E-state index in [1.54, 1.807) is 0 Å². The molecule has 4 aromatic carbocycles. The lowest BCUT2D eigenvalue weighted by atomic mass is 9.97. The van der Waals surface area contributed by atoms with Gasteiger partial charge in [0.05, 0.1) is 67.4 Å². The summed E-state index contributed by atoms with van der Waals surface area (Å²) in [6, 6.07) is 39.4. The molecule has 72 heavy (non-hydrogen) atoms. The van der Waals surface area contributed by atoms with E-state index in [4.69, 9.17) is 42.2 Å². The molecule has 0 amide bonds. The van der Waals surface area contributed by atoms with Gasteiger partial charge >= 0.3 is 5.97 Å². The van der Waals surface area contributed by atoms with Gasteiger partial charge in [-0.2, -0.15) is 0 Å². The van der Waals surface area contributed by atoms with Gasteiger partial charge in [0.15, 0.2) is 6.29 Å². The Morgan fingerprint density at radius 1 is 0.569 bits per heavy atom. The van der Waals surface area contributed by atoms with Crippen molar-refractivity contribution in [2.24, 2.45) is 0 Å². The minimum atomic E-state index is -4.79. The van der Waals surface area contributed by atoms with Crippen molar-refractivity contribution < 1.29 is 60.9 Å². The predicted molar refractivity (Wildman–Crippen MR) is 278 cm³/mol. The van der Waals surface area contributed by atoms with Crippen molar-refractivity contribution >= 4 is 13.8 Å². The van der Waals surface area contributed by atoms with Crippen LogP contribution in [-0.4, -0.2) is 101 Å². The number of carbonyl (C=O) groups is 1. The maximum absolute atomic E-state index is 13.5. The van der Waals surface area contributed by atoms with Gasteiger partial charge in [-0.25, -0.2) is 0 Å². The molecule has 13 nitrogen and oxygen atoms in total. The Balaban J connectivity index is 1.33. The first-order chi connectivity index (χ1) is 35.0. The molecule has 1 fully saturated rings. The van der Waals surface area contributed by atoms with Crippen molar-refractivity contribution in [2.75, 3.05) is 54.1 Å². The van der Waals surface area contributed by atoms with Crippen molar-refractivity contribution in [3.8, 4) is 0 Å². The lowest BCUT2D eigenvalue weighted by molar-refractivity contribution is -0.870. The topological polar surface area (TPSA) is 140 Å². The molecule has 1 heterocycles. The fourth-order valence-electron chi connectivity index (χ4n) is 8.37. The number of rotatable bonds is 38. The third-order valence-electron chi connectivity index (χ3n) is 12.5. The second-order valence-electron chi connectivity index (χ2n) is 19.9. The molecule has 0 saturated carbocycles. The number of esters is 1. The first-order valence-corrected chi connectivity index (χ1v) is 27.9. The fraction of sp³-hybridized carbons (Fsp3) is 0.569. The lowest BCUT2D eigenvalue weighted by Crippen LogP contribution is -2.62. The average Bonchev–Trinajstić information content (AvgIpc) is 3.37. The second-order valence-corrected chi connectivity index (χ2v) is 21.3. The first kappa shape index (κ1) is 59.1. The molecule has 5 rings (SSSR count). The van der Waals surface area contributed by atoms with Gasteiger partial charge in [0.2, 0.25) is 0 Å². The number of phosphoric acid groups is 1. The van der Waals surface area contributed by atoms with Crippen LogP contribution in [0.4, 0.5) is 0 Å². The zero-order valence-electron chi connectivity index (χ0n) is 43.6. The van der Waals surface area contributed by atoms with E-state index in [1.807, 2.05) is 142 Å². The number of likely N-dealkylation sites (N-methyl/N-ethyl adjacent to an activating group) is 1. The van der Waals surface area contributed by atoms with Crippen LogP contribution in [0.3, 0.4) is 0 Å². The van der Waals surface area contributed by atoms with Crippen LogP contribution in [0.15, 0.2) is 121 Å². The molecule has 0 N–H and O–H groups in total. The number of ether oxygens (including phenoxy) is 7. The predicted octanol–water partition coefficient (Wildman–Crippen LogP) is 11.3. The van der Waals surface area contributed by atoms with Crippen molar-refractivity contribution in [3.05, 3.63) is 144 Å². The summed E-state index contributed by atoms with van der Waals surface area (Å²) in [5.74, 6) is -0.478. The van der Waals surface area contributed by atoms with E-state index in [2.05, 4.69) is 6.92 Å². The third kappa shape index (κ3) is 24.5. The minimum absolute atomic E-state index is 0.0771. The van der Waals surface area contributed by atoms with Gasteiger partial charge in [-0.15, -0.1) is 0 Å². The van der Waals surface area contributed by atoms with Crippen molar-refractivity contribution in [2.45, 2.75) is 160 Å². The van der Waals surface area contributed by atoms with Gasteiger partial charge in [0.25, 0.3) is 7.82 Å². The third-order valence-corrected chi connectivity index (χ3v) is 13.5. The maximum Gasteiger partial charge on any atom is 0.306 e. The van der Waals surface area contributed by atoms with Crippen LogP contribution >= 0.6 is 7.82 Å². The molecular weight excluding hydrogens is 934 g/mol. The summed E-state index contributed by atoms with van der Waals surface area (Å²) in [5, 5.41) is 0. The van der Waals surface area contributed by atoms with Gasteiger partial charge in [0.1, 0.15) is 43.7 Å². The van der Waals surface area contributed by atoms with E-state index >= 15 is 0 Å². The molecule has 0 bridgehead atoms. The van der Waals surface area contributed by atoms with Crippen LogP contribution in [0.25, 0.3) is 0 Å². The number of unbranched alkanes of at least 4 members (excludes halogenated alkanes) is 12. The van der Waals surface area contributed by atoms with Crippen LogP contribution in [0.1, 0.15) is 119 Å². The molecule has 0 aliphatic carbocycles. The summed E-state index contributed by atoms with van der Waals surface area (Å²) >= 11 is 0. The average molecular weight is 1020 g/mol. The SMILES string of the molecule is CCCCCCCCCCCCCCCC(=O)O[C@@H](CO[C@@H]1O[C@H](COCc2ccccc2)[C@@H](OCc2ccccc2)[C@H](OCc2ccccc2)[C@H]1OCc1ccccc1)COP(=O)([O-])OCC[N+](C)(C)C. The monoisotopic (exact) mass is 1020 g/mol.